The van der Waals surface area contributed by atoms with Gasteiger partial charge in [0.2, 0.25) is 0 Å². The molecule has 0 radical (unpaired) electrons. The molecule has 0 bridgehead atoms. The minimum absolute atomic E-state index is 0.123. The molecule has 0 heterocycles. The SMILES string of the molecule is CCCCc1ccc(NS(=O)(=O)c2ccc(O[C@H](C)C(=O)NC)cc2)cc1. The highest BCUT2D eigenvalue weighted by molar-refractivity contribution is 7.92. The Morgan fingerprint density at radius 1 is 1.07 bits per heavy atom. The molecule has 2 aromatic carbocycles. The smallest absolute Gasteiger partial charge is 0.261 e. The number of anilines is 1. The number of hydrogen-bond acceptors (Lipinski definition) is 4. The molecular weight excluding hydrogens is 364 g/mol. The number of benzene rings is 2. The number of rotatable bonds is 9. The van der Waals surface area contributed by atoms with Crippen LogP contribution in [0.25, 0.3) is 0 Å². The van der Waals surface area contributed by atoms with Crippen LogP contribution < -0.4 is 14.8 Å². The van der Waals surface area contributed by atoms with Crippen molar-refractivity contribution in [2.75, 3.05) is 11.8 Å². The third-order valence-electron chi connectivity index (χ3n) is 4.09. The number of hydrogen-bond donors (Lipinski definition) is 2. The molecule has 6 nitrogen and oxygen atoms in total. The topological polar surface area (TPSA) is 84.5 Å². The maximum atomic E-state index is 12.5. The Bertz CT molecular complexity index is 847. The molecule has 7 heteroatoms. The number of amides is 1. The summed E-state index contributed by atoms with van der Waals surface area (Å²) in [4.78, 5) is 11.6. The number of carbonyl (C=O) groups is 1. The molecule has 1 atom stereocenters. The molecule has 0 aromatic heterocycles. The summed E-state index contributed by atoms with van der Waals surface area (Å²) in [5.74, 6) is 0.168. The molecule has 0 saturated carbocycles. The molecule has 1 amide bonds. The summed E-state index contributed by atoms with van der Waals surface area (Å²) in [6, 6.07) is 13.4. The molecule has 0 unspecified atom stereocenters. The van der Waals surface area contributed by atoms with Crippen LogP contribution in [0.15, 0.2) is 53.4 Å². The fourth-order valence-corrected chi connectivity index (χ4v) is 3.55. The summed E-state index contributed by atoms with van der Waals surface area (Å²) >= 11 is 0. The molecule has 0 aliphatic rings. The van der Waals surface area contributed by atoms with E-state index in [1.807, 2.05) is 12.1 Å². The molecule has 0 saturated heterocycles. The van der Waals surface area contributed by atoms with E-state index in [9.17, 15) is 13.2 Å². The number of carbonyl (C=O) groups excluding carboxylic acids is 1. The van der Waals surface area contributed by atoms with Crippen molar-refractivity contribution in [3.63, 3.8) is 0 Å². The average molecular weight is 391 g/mol. The zero-order valence-electron chi connectivity index (χ0n) is 15.9. The van der Waals surface area contributed by atoms with Crippen LogP contribution in [0.4, 0.5) is 5.69 Å². The molecule has 0 spiro atoms. The molecule has 0 fully saturated rings. The van der Waals surface area contributed by atoms with E-state index in [0.29, 0.717) is 11.4 Å². The Labute approximate surface area is 161 Å². The zero-order chi connectivity index (χ0) is 19.9. The Morgan fingerprint density at radius 2 is 1.70 bits per heavy atom. The van der Waals surface area contributed by atoms with Gasteiger partial charge in [0.05, 0.1) is 4.90 Å². The van der Waals surface area contributed by atoms with Gasteiger partial charge < -0.3 is 10.1 Å². The highest BCUT2D eigenvalue weighted by Gasteiger charge is 2.16. The largest absolute Gasteiger partial charge is 0.481 e. The predicted molar refractivity (Wildman–Crippen MR) is 106 cm³/mol. The van der Waals surface area contributed by atoms with Gasteiger partial charge in [0.1, 0.15) is 5.75 Å². The predicted octanol–water partition coefficient (Wildman–Crippen LogP) is 3.34. The van der Waals surface area contributed by atoms with Crippen LogP contribution in [-0.2, 0) is 21.2 Å². The first-order valence-corrected chi connectivity index (χ1v) is 10.4. The first-order chi connectivity index (χ1) is 12.9. The van der Waals surface area contributed by atoms with Crippen molar-refractivity contribution >= 4 is 21.6 Å². The van der Waals surface area contributed by atoms with Crippen molar-refractivity contribution in [3.05, 3.63) is 54.1 Å². The van der Waals surface area contributed by atoms with E-state index in [-0.39, 0.29) is 10.8 Å². The lowest BCUT2D eigenvalue weighted by Crippen LogP contribution is -2.33. The van der Waals surface area contributed by atoms with Gasteiger partial charge in [0, 0.05) is 12.7 Å². The lowest BCUT2D eigenvalue weighted by Gasteiger charge is -2.14. The summed E-state index contributed by atoms with van der Waals surface area (Å²) < 4.78 is 33.1. The quantitative estimate of drug-likeness (QED) is 0.688. The second-order valence-electron chi connectivity index (χ2n) is 6.25. The van der Waals surface area contributed by atoms with Gasteiger partial charge in [-0.15, -0.1) is 0 Å². The standard InChI is InChI=1S/C20H26N2O4S/c1-4-5-6-16-7-9-17(10-8-16)22-27(24,25)19-13-11-18(12-14-19)26-15(2)20(23)21-3/h7-15,22H,4-6H2,1-3H3,(H,21,23)/t15-/m1/s1. The number of likely N-dealkylation sites (N-methyl/N-ethyl adjacent to an activating group) is 1. The average Bonchev–Trinajstić information content (AvgIpc) is 2.67. The van der Waals surface area contributed by atoms with Crippen LogP contribution in [-0.4, -0.2) is 27.5 Å². The van der Waals surface area contributed by atoms with Crippen LogP contribution in [0.2, 0.25) is 0 Å². The fourth-order valence-electron chi connectivity index (χ4n) is 2.49. The Morgan fingerprint density at radius 3 is 2.26 bits per heavy atom. The van der Waals surface area contributed by atoms with E-state index in [0.717, 1.165) is 19.3 Å². The first kappa shape index (κ1) is 20.8. The number of nitrogens with one attached hydrogen (secondary N) is 2. The number of aryl methyl sites for hydroxylation is 1. The minimum atomic E-state index is -3.69. The molecule has 0 aliphatic carbocycles. The number of sulfonamides is 1. The van der Waals surface area contributed by atoms with Gasteiger partial charge in [0.25, 0.3) is 15.9 Å². The minimum Gasteiger partial charge on any atom is -0.481 e. The molecular formula is C20H26N2O4S. The van der Waals surface area contributed by atoms with Crippen LogP contribution in [0.5, 0.6) is 5.75 Å². The Hall–Kier alpha value is -2.54. The van der Waals surface area contributed by atoms with Gasteiger partial charge in [0.15, 0.2) is 6.10 Å². The zero-order valence-corrected chi connectivity index (χ0v) is 16.7. The Kier molecular flexibility index (Phi) is 7.24. The first-order valence-electron chi connectivity index (χ1n) is 8.95. The molecule has 146 valence electrons. The van der Waals surface area contributed by atoms with E-state index in [4.69, 9.17) is 4.74 Å². The van der Waals surface area contributed by atoms with Gasteiger partial charge >= 0.3 is 0 Å². The lowest BCUT2D eigenvalue weighted by molar-refractivity contribution is -0.126. The Balaban J connectivity index is 2.04. The van der Waals surface area contributed by atoms with E-state index in [1.165, 1.54) is 36.9 Å². The van der Waals surface area contributed by atoms with Gasteiger partial charge in [-0.2, -0.15) is 0 Å². The normalized spacial score (nSPS) is 12.3. The van der Waals surface area contributed by atoms with Crippen LogP contribution in [0, 0.1) is 0 Å². The van der Waals surface area contributed by atoms with E-state index < -0.39 is 16.1 Å². The van der Waals surface area contributed by atoms with E-state index in [2.05, 4.69) is 17.0 Å². The van der Waals surface area contributed by atoms with Gasteiger partial charge in [-0.1, -0.05) is 25.5 Å². The molecule has 27 heavy (non-hydrogen) atoms. The van der Waals surface area contributed by atoms with Gasteiger partial charge in [-0.05, 0) is 61.7 Å². The van der Waals surface area contributed by atoms with Crippen LogP contribution in [0.1, 0.15) is 32.3 Å². The number of ether oxygens (including phenoxy) is 1. The van der Waals surface area contributed by atoms with Crippen LogP contribution in [0.3, 0.4) is 0 Å². The second-order valence-corrected chi connectivity index (χ2v) is 7.93. The maximum absolute atomic E-state index is 12.5. The lowest BCUT2D eigenvalue weighted by atomic mass is 10.1. The van der Waals surface area contributed by atoms with E-state index >= 15 is 0 Å². The number of unbranched alkanes of at least 4 members (excludes halogenated alkanes) is 1. The van der Waals surface area contributed by atoms with Crippen molar-refractivity contribution in [1.29, 1.82) is 0 Å². The van der Waals surface area contributed by atoms with Gasteiger partial charge in [-0.25, -0.2) is 8.42 Å². The van der Waals surface area contributed by atoms with Crippen molar-refractivity contribution in [2.45, 2.75) is 44.1 Å². The second kappa shape index (κ2) is 9.41. The van der Waals surface area contributed by atoms with Crippen molar-refractivity contribution in [2.24, 2.45) is 0 Å². The third-order valence-corrected chi connectivity index (χ3v) is 5.48. The van der Waals surface area contributed by atoms with Crippen LogP contribution >= 0.6 is 0 Å². The van der Waals surface area contributed by atoms with E-state index in [1.54, 1.807) is 19.1 Å². The van der Waals surface area contributed by atoms with Gasteiger partial charge in [-0.3, -0.25) is 9.52 Å². The van der Waals surface area contributed by atoms with Crippen molar-refractivity contribution in [3.8, 4) is 5.75 Å². The molecule has 0 aliphatic heterocycles. The molecule has 2 rings (SSSR count). The highest BCUT2D eigenvalue weighted by Crippen LogP contribution is 2.20. The summed E-state index contributed by atoms with van der Waals surface area (Å²) in [6.07, 6.45) is 2.55. The molecule has 2 N–H and O–H groups in total. The highest BCUT2D eigenvalue weighted by atomic mass is 32.2. The van der Waals surface area contributed by atoms with Crippen molar-refractivity contribution < 1.29 is 17.9 Å². The fraction of sp³-hybridized carbons (Fsp3) is 0.350. The third kappa shape index (κ3) is 5.99. The maximum Gasteiger partial charge on any atom is 0.261 e. The summed E-state index contributed by atoms with van der Waals surface area (Å²) in [6.45, 7) is 3.76. The summed E-state index contributed by atoms with van der Waals surface area (Å²) in [5, 5.41) is 2.49. The summed E-state index contributed by atoms with van der Waals surface area (Å²) in [5.41, 5.74) is 1.70. The van der Waals surface area contributed by atoms with Crippen molar-refractivity contribution in [1.82, 2.24) is 5.32 Å². The monoisotopic (exact) mass is 390 g/mol. The molecule has 2 aromatic rings. The summed E-state index contributed by atoms with van der Waals surface area (Å²) in [7, 11) is -2.17.